The van der Waals surface area contributed by atoms with Crippen LogP contribution >= 0.6 is 46.4 Å². The van der Waals surface area contributed by atoms with E-state index < -0.39 is 0 Å². The summed E-state index contributed by atoms with van der Waals surface area (Å²) in [6, 6.07) is 8.61. The highest BCUT2D eigenvalue weighted by Crippen LogP contribution is 2.30. The van der Waals surface area contributed by atoms with E-state index in [1.807, 2.05) is 6.07 Å². The van der Waals surface area contributed by atoms with Gasteiger partial charge in [-0.3, -0.25) is 0 Å². The Balaban J connectivity index is 2.03. The molecule has 0 aliphatic rings. The summed E-state index contributed by atoms with van der Waals surface area (Å²) in [5, 5.41) is 5.71. The molecule has 0 aliphatic carbocycles. The van der Waals surface area contributed by atoms with Gasteiger partial charge in [0.05, 0.1) is 15.6 Å². The Morgan fingerprint density at radius 2 is 1.62 bits per heavy atom. The number of aromatic nitrogens is 2. The van der Waals surface area contributed by atoms with Crippen LogP contribution in [-0.4, -0.2) is 9.97 Å². The van der Waals surface area contributed by atoms with Crippen molar-refractivity contribution in [1.82, 2.24) is 9.97 Å². The highest BCUT2D eigenvalue weighted by molar-refractivity contribution is 6.45. The van der Waals surface area contributed by atoms with Crippen LogP contribution in [0.25, 0.3) is 10.9 Å². The first kappa shape index (κ1) is 14.7. The van der Waals surface area contributed by atoms with Crippen molar-refractivity contribution in [3.05, 3.63) is 56.6 Å². The second-order valence-corrected chi connectivity index (χ2v) is 5.93. The normalized spacial score (nSPS) is 10.9. The van der Waals surface area contributed by atoms with Gasteiger partial charge in [0.2, 0.25) is 5.95 Å². The average molecular weight is 359 g/mol. The van der Waals surface area contributed by atoms with Gasteiger partial charge >= 0.3 is 0 Å². The van der Waals surface area contributed by atoms with Crippen LogP contribution in [0.3, 0.4) is 0 Å². The lowest BCUT2D eigenvalue weighted by Gasteiger charge is -2.08. The van der Waals surface area contributed by atoms with Crippen molar-refractivity contribution in [3.63, 3.8) is 0 Å². The third-order valence-corrected chi connectivity index (χ3v) is 3.99. The summed E-state index contributed by atoms with van der Waals surface area (Å²) in [7, 11) is 0. The van der Waals surface area contributed by atoms with Gasteiger partial charge in [0.25, 0.3) is 0 Å². The first-order chi connectivity index (χ1) is 10.0. The molecule has 1 aromatic heterocycles. The van der Waals surface area contributed by atoms with Crippen LogP contribution < -0.4 is 5.32 Å². The number of benzene rings is 2. The zero-order valence-electron chi connectivity index (χ0n) is 10.4. The van der Waals surface area contributed by atoms with Crippen LogP contribution in [0.5, 0.6) is 0 Å². The fraction of sp³-hybridized carbons (Fsp3) is 0. The molecule has 7 heteroatoms. The Kier molecular flexibility index (Phi) is 4.09. The SMILES string of the molecule is Clc1cc(Cl)cc(Nc2ncc3ccc(Cl)c(Cl)c3n2)c1. The maximum atomic E-state index is 6.16. The molecular weight excluding hydrogens is 352 g/mol. The largest absolute Gasteiger partial charge is 0.324 e. The van der Waals surface area contributed by atoms with Crippen molar-refractivity contribution in [2.75, 3.05) is 5.32 Å². The predicted molar refractivity (Wildman–Crippen MR) is 89.3 cm³/mol. The molecule has 1 heterocycles. The zero-order valence-corrected chi connectivity index (χ0v) is 13.4. The first-order valence-electron chi connectivity index (χ1n) is 5.87. The number of fused-ring (bicyclic) bond motifs is 1. The maximum Gasteiger partial charge on any atom is 0.227 e. The minimum absolute atomic E-state index is 0.380. The molecular formula is C14H7Cl4N3. The van der Waals surface area contributed by atoms with Crippen LogP contribution in [0, 0.1) is 0 Å². The number of halogens is 4. The minimum Gasteiger partial charge on any atom is -0.324 e. The van der Waals surface area contributed by atoms with Gasteiger partial charge in [0, 0.05) is 27.3 Å². The van der Waals surface area contributed by atoms with E-state index >= 15 is 0 Å². The number of nitrogens with zero attached hydrogens (tertiary/aromatic N) is 2. The highest BCUT2D eigenvalue weighted by atomic mass is 35.5. The molecule has 1 N–H and O–H groups in total. The van der Waals surface area contributed by atoms with Crippen LogP contribution in [0.2, 0.25) is 20.1 Å². The molecule has 0 unspecified atom stereocenters. The summed E-state index contributed by atoms with van der Waals surface area (Å²) < 4.78 is 0. The fourth-order valence-electron chi connectivity index (χ4n) is 1.85. The highest BCUT2D eigenvalue weighted by Gasteiger charge is 2.08. The molecule has 0 spiro atoms. The summed E-state index contributed by atoms with van der Waals surface area (Å²) in [6.07, 6.45) is 1.67. The van der Waals surface area contributed by atoms with E-state index in [4.69, 9.17) is 46.4 Å². The van der Waals surface area contributed by atoms with Gasteiger partial charge in [-0.15, -0.1) is 0 Å². The quantitative estimate of drug-likeness (QED) is 0.611. The molecule has 0 radical (unpaired) electrons. The monoisotopic (exact) mass is 357 g/mol. The lowest BCUT2D eigenvalue weighted by Crippen LogP contribution is -1.97. The Morgan fingerprint density at radius 3 is 2.33 bits per heavy atom. The number of anilines is 2. The molecule has 0 bridgehead atoms. The van der Waals surface area contributed by atoms with Gasteiger partial charge in [0.1, 0.15) is 0 Å². The second kappa shape index (κ2) is 5.85. The molecule has 0 atom stereocenters. The summed E-state index contributed by atoms with van der Waals surface area (Å²) in [4.78, 5) is 8.59. The third-order valence-electron chi connectivity index (χ3n) is 2.76. The number of rotatable bonds is 2. The van der Waals surface area contributed by atoms with Gasteiger partial charge in [-0.05, 0) is 30.3 Å². The summed E-state index contributed by atoms with van der Waals surface area (Å²) in [5.41, 5.74) is 1.26. The molecule has 21 heavy (non-hydrogen) atoms. The van der Waals surface area contributed by atoms with Crippen LogP contribution in [-0.2, 0) is 0 Å². The lowest BCUT2D eigenvalue weighted by atomic mass is 10.2. The number of hydrogen-bond donors (Lipinski definition) is 1. The third kappa shape index (κ3) is 3.16. The molecule has 3 nitrogen and oxygen atoms in total. The van der Waals surface area contributed by atoms with Crippen LogP contribution in [0.1, 0.15) is 0 Å². The van der Waals surface area contributed by atoms with Gasteiger partial charge in [-0.25, -0.2) is 9.97 Å². The Bertz CT molecular complexity index is 816. The zero-order chi connectivity index (χ0) is 15.0. The molecule has 106 valence electrons. The van der Waals surface area contributed by atoms with E-state index in [2.05, 4.69) is 15.3 Å². The minimum atomic E-state index is 0.380. The number of hydrogen-bond acceptors (Lipinski definition) is 3. The van der Waals surface area contributed by atoms with E-state index in [-0.39, 0.29) is 0 Å². The van der Waals surface area contributed by atoms with Crippen molar-refractivity contribution in [1.29, 1.82) is 0 Å². The second-order valence-electron chi connectivity index (χ2n) is 4.28. The van der Waals surface area contributed by atoms with Crippen molar-refractivity contribution in [2.24, 2.45) is 0 Å². The van der Waals surface area contributed by atoms with Crippen molar-refractivity contribution in [2.45, 2.75) is 0 Å². The van der Waals surface area contributed by atoms with Gasteiger partial charge < -0.3 is 5.32 Å². The van der Waals surface area contributed by atoms with Crippen LogP contribution in [0.15, 0.2) is 36.5 Å². The van der Waals surface area contributed by atoms with Gasteiger partial charge in [-0.1, -0.05) is 46.4 Å². The average Bonchev–Trinajstić information content (AvgIpc) is 2.42. The molecule has 0 amide bonds. The maximum absolute atomic E-state index is 6.16. The van der Waals surface area contributed by atoms with Crippen molar-refractivity contribution >= 4 is 68.9 Å². The molecule has 3 rings (SSSR count). The summed E-state index contributed by atoms with van der Waals surface area (Å²) >= 11 is 24.1. The Hall–Kier alpha value is -1.26. The van der Waals surface area contributed by atoms with Crippen molar-refractivity contribution in [3.8, 4) is 0 Å². The van der Waals surface area contributed by atoms with E-state index in [1.165, 1.54) is 0 Å². The molecule has 0 aliphatic heterocycles. The lowest BCUT2D eigenvalue weighted by molar-refractivity contribution is 1.21. The Morgan fingerprint density at radius 1 is 0.905 bits per heavy atom. The molecule has 2 aromatic carbocycles. The Labute approximate surface area is 140 Å². The molecule has 3 aromatic rings. The summed E-state index contributed by atoms with van der Waals surface area (Å²) in [6.45, 7) is 0. The van der Waals surface area contributed by atoms with Crippen molar-refractivity contribution < 1.29 is 0 Å². The van der Waals surface area contributed by atoms with Gasteiger partial charge in [-0.2, -0.15) is 0 Å². The van der Waals surface area contributed by atoms with E-state index in [0.717, 1.165) is 5.39 Å². The van der Waals surface area contributed by atoms with E-state index in [1.54, 1.807) is 30.5 Å². The van der Waals surface area contributed by atoms with Gasteiger partial charge in [0.15, 0.2) is 0 Å². The predicted octanol–water partition coefficient (Wildman–Crippen LogP) is 5.99. The molecule has 0 fully saturated rings. The summed E-state index contributed by atoms with van der Waals surface area (Å²) in [5.74, 6) is 0.380. The van der Waals surface area contributed by atoms with Crippen LogP contribution in [0.4, 0.5) is 11.6 Å². The molecule has 0 saturated carbocycles. The fourth-order valence-corrected chi connectivity index (χ4v) is 2.75. The first-order valence-corrected chi connectivity index (χ1v) is 7.38. The topological polar surface area (TPSA) is 37.8 Å². The van der Waals surface area contributed by atoms with E-state index in [9.17, 15) is 0 Å². The van der Waals surface area contributed by atoms with E-state index in [0.29, 0.717) is 37.2 Å². The standard InChI is InChI=1S/C14H7Cl4N3/c15-8-3-9(16)5-10(4-8)20-14-19-6-7-1-2-11(17)12(18)13(7)21-14/h1-6H,(H,19,20,21). The molecule has 0 saturated heterocycles. The smallest absolute Gasteiger partial charge is 0.227 e. The number of nitrogens with one attached hydrogen (secondary N) is 1.